The van der Waals surface area contributed by atoms with Crippen molar-refractivity contribution in [2.75, 3.05) is 13.1 Å². The Morgan fingerprint density at radius 3 is 2.15 bits per heavy atom. The van der Waals surface area contributed by atoms with Crippen LogP contribution in [0.25, 0.3) is 0 Å². The van der Waals surface area contributed by atoms with Crippen molar-refractivity contribution in [3.05, 3.63) is 0 Å². The monoisotopic (exact) mass is 282 g/mol. The largest absolute Gasteiger partial charge is 0.375 e. The number of likely N-dealkylation sites (tertiary alicyclic amines) is 1. The zero-order valence-corrected chi connectivity index (χ0v) is 13.4. The second kappa shape index (κ2) is 6.90. The van der Waals surface area contributed by atoms with E-state index in [0.29, 0.717) is 30.2 Å². The molecule has 2 heterocycles. The van der Waals surface area contributed by atoms with E-state index in [1.807, 2.05) is 18.7 Å². The fourth-order valence-corrected chi connectivity index (χ4v) is 3.51. The molecule has 4 nitrogen and oxygen atoms in total. The molecule has 2 aliphatic heterocycles. The molecule has 2 saturated heterocycles. The average molecular weight is 282 g/mol. The normalized spacial score (nSPS) is 32.6. The number of hydrogen-bond acceptors (Lipinski definition) is 3. The van der Waals surface area contributed by atoms with Crippen LogP contribution >= 0.6 is 0 Å². The Morgan fingerprint density at radius 1 is 1.10 bits per heavy atom. The number of carbonyl (C=O) groups is 1. The summed E-state index contributed by atoms with van der Waals surface area (Å²) in [6.45, 7) is 10.1. The maximum Gasteiger partial charge on any atom is 0.225 e. The van der Waals surface area contributed by atoms with Crippen molar-refractivity contribution in [2.24, 2.45) is 5.92 Å². The maximum absolute atomic E-state index is 12.0. The van der Waals surface area contributed by atoms with Gasteiger partial charge in [0, 0.05) is 31.1 Å². The van der Waals surface area contributed by atoms with Crippen molar-refractivity contribution >= 4 is 5.91 Å². The first-order valence-electron chi connectivity index (χ1n) is 8.16. The highest BCUT2D eigenvalue weighted by molar-refractivity contribution is 5.78. The van der Waals surface area contributed by atoms with Gasteiger partial charge in [-0.3, -0.25) is 4.79 Å². The third-order valence-electron chi connectivity index (χ3n) is 4.47. The van der Waals surface area contributed by atoms with Gasteiger partial charge in [-0.1, -0.05) is 13.8 Å². The highest BCUT2D eigenvalue weighted by Crippen LogP contribution is 2.21. The summed E-state index contributed by atoms with van der Waals surface area (Å²) in [6.07, 6.45) is 5.10. The van der Waals surface area contributed by atoms with Crippen LogP contribution in [0.1, 0.15) is 53.4 Å². The van der Waals surface area contributed by atoms with E-state index in [2.05, 4.69) is 19.2 Å². The molecular weight excluding hydrogens is 252 g/mol. The van der Waals surface area contributed by atoms with Crippen LogP contribution in [0.3, 0.4) is 0 Å². The molecule has 0 aromatic rings. The molecule has 1 N–H and O–H groups in total. The van der Waals surface area contributed by atoms with Crippen LogP contribution < -0.4 is 5.32 Å². The molecule has 0 spiro atoms. The van der Waals surface area contributed by atoms with Crippen LogP contribution in [0, 0.1) is 5.92 Å². The zero-order valence-electron chi connectivity index (χ0n) is 13.4. The molecule has 20 heavy (non-hydrogen) atoms. The number of piperidine rings is 1. The fraction of sp³-hybridized carbons (Fsp3) is 0.938. The SMILES string of the molecule is CC1CC(NC2CCN(C(=O)C(C)C)CC2)CC(C)O1. The van der Waals surface area contributed by atoms with Crippen LogP contribution in [0.2, 0.25) is 0 Å². The van der Waals surface area contributed by atoms with Gasteiger partial charge in [-0.05, 0) is 39.5 Å². The predicted molar refractivity (Wildman–Crippen MR) is 80.6 cm³/mol. The maximum atomic E-state index is 12.0. The Hall–Kier alpha value is -0.610. The molecule has 0 bridgehead atoms. The average Bonchev–Trinajstić information content (AvgIpc) is 2.37. The zero-order chi connectivity index (χ0) is 14.7. The molecule has 2 unspecified atom stereocenters. The number of rotatable bonds is 3. The van der Waals surface area contributed by atoms with Crippen molar-refractivity contribution in [1.82, 2.24) is 10.2 Å². The van der Waals surface area contributed by atoms with Gasteiger partial charge in [0.2, 0.25) is 5.91 Å². The minimum absolute atomic E-state index is 0.122. The smallest absolute Gasteiger partial charge is 0.225 e. The molecule has 2 aliphatic rings. The highest BCUT2D eigenvalue weighted by atomic mass is 16.5. The van der Waals surface area contributed by atoms with E-state index >= 15 is 0 Å². The van der Waals surface area contributed by atoms with Crippen molar-refractivity contribution in [3.8, 4) is 0 Å². The van der Waals surface area contributed by atoms with Gasteiger partial charge >= 0.3 is 0 Å². The molecule has 1 amide bonds. The van der Waals surface area contributed by atoms with E-state index in [1.165, 1.54) is 0 Å². The van der Waals surface area contributed by atoms with Crippen LogP contribution in [0.4, 0.5) is 0 Å². The number of nitrogens with zero attached hydrogens (tertiary/aromatic N) is 1. The van der Waals surface area contributed by atoms with Gasteiger partial charge in [0.25, 0.3) is 0 Å². The van der Waals surface area contributed by atoms with Gasteiger partial charge in [0.1, 0.15) is 0 Å². The van der Waals surface area contributed by atoms with E-state index in [-0.39, 0.29) is 5.92 Å². The Kier molecular flexibility index (Phi) is 5.44. The molecule has 0 aromatic heterocycles. The Labute approximate surface area is 123 Å². The third kappa shape index (κ3) is 4.19. The van der Waals surface area contributed by atoms with Crippen molar-refractivity contribution in [2.45, 2.75) is 77.7 Å². The molecule has 2 rings (SSSR count). The predicted octanol–water partition coefficient (Wildman–Crippen LogP) is 2.18. The van der Waals surface area contributed by atoms with Crippen LogP contribution in [0.5, 0.6) is 0 Å². The first-order valence-corrected chi connectivity index (χ1v) is 8.16. The fourth-order valence-electron chi connectivity index (χ4n) is 3.51. The lowest BCUT2D eigenvalue weighted by Crippen LogP contribution is -2.51. The summed E-state index contributed by atoms with van der Waals surface area (Å²) in [4.78, 5) is 14.0. The Bertz CT molecular complexity index is 314. The summed E-state index contributed by atoms with van der Waals surface area (Å²) >= 11 is 0. The number of amides is 1. The van der Waals surface area contributed by atoms with Gasteiger partial charge in [-0.25, -0.2) is 0 Å². The second-order valence-corrected chi connectivity index (χ2v) is 6.85. The molecule has 0 saturated carbocycles. The van der Waals surface area contributed by atoms with Gasteiger partial charge in [0.15, 0.2) is 0 Å². The number of ether oxygens (including phenoxy) is 1. The minimum atomic E-state index is 0.122. The molecule has 4 heteroatoms. The van der Waals surface area contributed by atoms with Gasteiger partial charge < -0.3 is 15.0 Å². The molecule has 0 aromatic carbocycles. The first-order chi connectivity index (χ1) is 9.45. The van der Waals surface area contributed by atoms with E-state index in [0.717, 1.165) is 38.8 Å². The standard InChI is InChI=1S/C16H30N2O2/c1-11(2)16(19)18-7-5-14(6-8-18)17-15-9-12(3)20-13(4)10-15/h11-15,17H,5-10H2,1-4H3. The lowest BCUT2D eigenvalue weighted by atomic mass is 9.96. The molecule has 0 aliphatic carbocycles. The summed E-state index contributed by atoms with van der Waals surface area (Å²) in [6, 6.07) is 1.14. The van der Waals surface area contributed by atoms with Gasteiger partial charge in [-0.2, -0.15) is 0 Å². The number of nitrogens with one attached hydrogen (secondary N) is 1. The second-order valence-electron chi connectivity index (χ2n) is 6.85. The summed E-state index contributed by atoms with van der Waals surface area (Å²) < 4.78 is 5.79. The van der Waals surface area contributed by atoms with E-state index in [9.17, 15) is 4.79 Å². The summed E-state index contributed by atoms with van der Waals surface area (Å²) in [7, 11) is 0. The van der Waals surface area contributed by atoms with Gasteiger partial charge in [-0.15, -0.1) is 0 Å². The topological polar surface area (TPSA) is 41.6 Å². The van der Waals surface area contributed by atoms with Crippen molar-refractivity contribution < 1.29 is 9.53 Å². The molecular formula is C16H30N2O2. The van der Waals surface area contributed by atoms with Crippen LogP contribution in [0.15, 0.2) is 0 Å². The van der Waals surface area contributed by atoms with Crippen LogP contribution in [-0.2, 0) is 9.53 Å². The lowest BCUT2D eigenvalue weighted by molar-refractivity contribution is -0.135. The van der Waals surface area contributed by atoms with E-state index < -0.39 is 0 Å². The van der Waals surface area contributed by atoms with Crippen molar-refractivity contribution in [3.63, 3.8) is 0 Å². The summed E-state index contributed by atoms with van der Waals surface area (Å²) in [5.74, 6) is 0.425. The minimum Gasteiger partial charge on any atom is -0.375 e. The molecule has 2 atom stereocenters. The number of carbonyl (C=O) groups excluding carboxylic acids is 1. The molecule has 116 valence electrons. The molecule has 0 radical (unpaired) electrons. The van der Waals surface area contributed by atoms with E-state index in [1.54, 1.807) is 0 Å². The quantitative estimate of drug-likeness (QED) is 0.862. The molecule has 2 fully saturated rings. The lowest BCUT2D eigenvalue weighted by Gasteiger charge is -2.38. The third-order valence-corrected chi connectivity index (χ3v) is 4.47. The Balaban J connectivity index is 1.75. The Morgan fingerprint density at radius 2 is 1.65 bits per heavy atom. The highest BCUT2D eigenvalue weighted by Gasteiger charge is 2.29. The van der Waals surface area contributed by atoms with E-state index in [4.69, 9.17) is 4.74 Å². The first kappa shape index (κ1) is 15.8. The van der Waals surface area contributed by atoms with Crippen LogP contribution in [-0.4, -0.2) is 48.2 Å². The van der Waals surface area contributed by atoms with Crippen molar-refractivity contribution in [1.29, 1.82) is 0 Å². The number of hydrogen-bond donors (Lipinski definition) is 1. The summed E-state index contributed by atoms with van der Waals surface area (Å²) in [5.41, 5.74) is 0. The van der Waals surface area contributed by atoms with Gasteiger partial charge in [0.05, 0.1) is 12.2 Å². The summed E-state index contributed by atoms with van der Waals surface area (Å²) in [5, 5.41) is 3.79.